The van der Waals surface area contributed by atoms with Gasteiger partial charge in [-0.25, -0.2) is 14.2 Å². The van der Waals surface area contributed by atoms with Crippen LogP contribution in [0.1, 0.15) is 36.2 Å². The van der Waals surface area contributed by atoms with Crippen molar-refractivity contribution in [2.75, 3.05) is 25.4 Å². The third kappa shape index (κ3) is 3.74. The van der Waals surface area contributed by atoms with Crippen LogP contribution in [0.5, 0.6) is 0 Å². The average Bonchev–Trinajstić information content (AvgIpc) is 3.46. The molecular weight excluding hydrogens is 437 g/mol. The van der Waals surface area contributed by atoms with E-state index in [9.17, 15) is 14.4 Å². The number of ether oxygens (including phenoxy) is 1. The van der Waals surface area contributed by atoms with Crippen molar-refractivity contribution in [3.8, 4) is 17.3 Å². The topological polar surface area (TPSA) is 122 Å². The van der Waals surface area contributed by atoms with Gasteiger partial charge in [-0.1, -0.05) is 18.2 Å². The van der Waals surface area contributed by atoms with Crippen LogP contribution < -0.4 is 11.1 Å². The van der Waals surface area contributed by atoms with Crippen LogP contribution >= 0.6 is 0 Å². The number of aromatic nitrogens is 3. The fourth-order valence-corrected chi connectivity index (χ4v) is 4.66. The quantitative estimate of drug-likeness (QED) is 0.618. The summed E-state index contributed by atoms with van der Waals surface area (Å²) in [6, 6.07) is 11.3. The number of nitrogens with two attached hydrogens (primary N) is 1. The van der Waals surface area contributed by atoms with Gasteiger partial charge < -0.3 is 20.7 Å². The number of fused-ring (bicyclic) bond motifs is 2. The van der Waals surface area contributed by atoms with E-state index in [2.05, 4.69) is 10.3 Å². The number of anilines is 1. The van der Waals surface area contributed by atoms with Gasteiger partial charge in [0.2, 0.25) is 0 Å². The normalized spacial score (nSPS) is 20.1. The zero-order valence-electron chi connectivity index (χ0n) is 18.7. The van der Waals surface area contributed by atoms with Crippen LogP contribution in [0.15, 0.2) is 42.6 Å². The van der Waals surface area contributed by atoms with E-state index in [1.165, 1.54) is 6.07 Å². The Labute approximate surface area is 195 Å². The Kier molecular flexibility index (Phi) is 5.42. The largest absolute Gasteiger partial charge is 0.383 e. The van der Waals surface area contributed by atoms with Crippen molar-refractivity contribution in [3.05, 3.63) is 65.2 Å². The van der Waals surface area contributed by atoms with Gasteiger partial charge in [0.15, 0.2) is 0 Å². The van der Waals surface area contributed by atoms with Gasteiger partial charge in [0.25, 0.3) is 0 Å². The Balaban J connectivity index is 1.36. The van der Waals surface area contributed by atoms with Crippen LogP contribution in [0, 0.1) is 17.1 Å². The zero-order valence-corrected chi connectivity index (χ0v) is 18.7. The minimum absolute atomic E-state index is 0.178. The molecule has 0 bridgehead atoms. The molecule has 9 nitrogen and oxygen atoms in total. The number of nitrogens with one attached hydrogen (secondary N) is 1. The highest BCUT2D eigenvalue weighted by Crippen LogP contribution is 2.40. The maximum absolute atomic E-state index is 14.1. The smallest absolute Gasteiger partial charge is 0.317 e. The van der Waals surface area contributed by atoms with Crippen LogP contribution in [0.2, 0.25) is 0 Å². The highest BCUT2D eigenvalue weighted by Gasteiger charge is 2.47. The standard InChI is InChI=1S/C24H24FN7O2/c1-15(18-4-2-3-5-19(18)25)29-23(33)31-7-6-24(14-31)21-11-20(30-32(21)8-9-34-24)17-10-16(12-26)22(27)28-13-17/h2-5,10-11,13,15H,6-9,14H2,1H3,(H2,27,28)(H,29,33). The summed E-state index contributed by atoms with van der Waals surface area (Å²) in [6.07, 6.45) is 2.21. The number of amides is 2. The van der Waals surface area contributed by atoms with Gasteiger partial charge in [-0.05, 0) is 25.1 Å². The van der Waals surface area contributed by atoms with Crippen molar-refractivity contribution in [1.29, 1.82) is 5.26 Å². The average molecular weight is 462 g/mol. The molecule has 4 heterocycles. The molecule has 0 aliphatic carbocycles. The summed E-state index contributed by atoms with van der Waals surface area (Å²) >= 11 is 0. The molecule has 34 heavy (non-hydrogen) atoms. The number of nitriles is 1. The van der Waals surface area contributed by atoms with Crippen LogP contribution in [0.25, 0.3) is 11.3 Å². The molecule has 2 aliphatic heterocycles. The lowest BCUT2D eigenvalue weighted by molar-refractivity contribution is -0.0701. The van der Waals surface area contributed by atoms with E-state index in [1.54, 1.807) is 42.3 Å². The number of hydrogen-bond acceptors (Lipinski definition) is 6. The van der Waals surface area contributed by atoms with Crippen LogP contribution in [0.3, 0.4) is 0 Å². The van der Waals surface area contributed by atoms with Gasteiger partial charge in [0.1, 0.15) is 23.3 Å². The molecule has 2 aromatic heterocycles. The van der Waals surface area contributed by atoms with Crippen LogP contribution in [-0.4, -0.2) is 45.4 Å². The molecule has 1 aromatic carbocycles. The molecule has 0 saturated carbocycles. The molecule has 2 amide bonds. The Bertz CT molecular complexity index is 1300. The summed E-state index contributed by atoms with van der Waals surface area (Å²) in [5.74, 6) is -0.172. The molecule has 10 heteroatoms. The maximum atomic E-state index is 14.1. The van der Waals surface area contributed by atoms with Gasteiger partial charge in [-0.3, -0.25) is 4.68 Å². The molecule has 2 aliphatic rings. The SMILES string of the molecule is CC(NC(=O)N1CCC2(C1)OCCn1nc(-c3cnc(N)c(C#N)c3)cc12)c1ccccc1F. The number of halogens is 1. The van der Waals surface area contributed by atoms with Crippen molar-refractivity contribution >= 4 is 11.8 Å². The van der Waals surface area contributed by atoms with Crippen LogP contribution in [0.4, 0.5) is 15.0 Å². The summed E-state index contributed by atoms with van der Waals surface area (Å²) in [7, 11) is 0. The third-order valence-corrected chi connectivity index (χ3v) is 6.49. The van der Waals surface area contributed by atoms with Crippen molar-refractivity contribution in [1.82, 2.24) is 25.0 Å². The first kappa shape index (κ1) is 21.9. The Morgan fingerprint density at radius 1 is 1.35 bits per heavy atom. The van der Waals surface area contributed by atoms with E-state index >= 15 is 0 Å². The molecule has 1 saturated heterocycles. The zero-order chi connectivity index (χ0) is 23.9. The molecular formula is C24H24FN7O2. The minimum Gasteiger partial charge on any atom is -0.383 e. The van der Waals surface area contributed by atoms with E-state index in [0.717, 1.165) is 5.69 Å². The molecule has 3 aromatic rings. The second kappa shape index (κ2) is 8.43. The first-order valence-electron chi connectivity index (χ1n) is 11.1. The second-order valence-electron chi connectivity index (χ2n) is 8.61. The number of carbonyl (C=O) groups excluding carboxylic acids is 1. The molecule has 5 rings (SSSR count). The van der Waals surface area contributed by atoms with Crippen molar-refractivity contribution in [2.45, 2.75) is 31.5 Å². The summed E-state index contributed by atoms with van der Waals surface area (Å²) < 4.78 is 22.2. The minimum atomic E-state index is -0.679. The number of nitrogen functional groups attached to an aromatic ring is 1. The first-order chi connectivity index (χ1) is 16.4. The van der Waals surface area contributed by atoms with E-state index in [1.807, 2.05) is 16.8 Å². The first-order valence-corrected chi connectivity index (χ1v) is 11.1. The van der Waals surface area contributed by atoms with Crippen molar-refractivity contribution in [2.24, 2.45) is 0 Å². The van der Waals surface area contributed by atoms with Gasteiger partial charge in [-0.2, -0.15) is 10.4 Å². The lowest BCUT2D eigenvalue weighted by Gasteiger charge is -2.34. The van der Waals surface area contributed by atoms with Gasteiger partial charge >= 0.3 is 6.03 Å². The fraction of sp³-hybridized carbons (Fsp3) is 0.333. The molecule has 0 radical (unpaired) electrons. The third-order valence-electron chi connectivity index (χ3n) is 6.49. The lowest BCUT2D eigenvalue weighted by Crippen LogP contribution is -2.44. The molecule has 174 valence electrons. The number of benzene rings is 1. The predicted octanol–water partition coefficient (Wildman–Crippen LogP) is 2.94. The highest BCUT2D eigenvalue weighted by atomic mass is 19.1. The maximum Gasteiger partial charge on any atom is 0.317 e. The number of nitrogens with zero attached hydrogens (tertiary/aromatic N) is 5. The number of pyridine rings is 1. The Morgan fingerprint density at radius 2 is 2.18 bits per heavy atom. The molecule has 2 unspecified atom stereocenters. The van der Waals surface area contributed by atoms with Crippen LogP contribution in [-0.2, 0) is 16.9 Å². The molecule has 1 fully saturated rings. The van der Waals surface area contributed by atoms with E-state index in [4.69, 9.17) is 15.6 Å². The molecule has 2 atom stereocenters. The monoisotopic (exact) mass is 461 g/mol. The van der Waals surface area contributed by atoms with Gasteiger partial charge in [0.05, 0.1) is 42.7 Å². The van der Waals surface area contributed by atoms with E-state index in [-0.39, 0.29) is 17.7 Å². The summed E-state index contributed by atoms with van der Waals surface area (Å²) in [4.78, 5) is 18.8. The summed E-state index contributed by atoms with van der Waals surface area (Å²) in [6.45, 7) is 3.67. The number of rotatable bonds is 3. The number of likely N-dealkylation sites (tertiary alicyclic amines) is 1. The van der Waals surface area contributed by atoms with E-state index in [0.29, 0.717) is 55.0 Å². The Hall–Kier alpha value is -3.97. The highest BCUT2D eigenvalue weighted by molar-refractivity contribution is 5.75. The second-order valence-corrected chi connectivity index (χ2v) is 8.61. The van der Waals surface area contributed by atoms with E-state index < -0.39 is 11.6 Å². The number of urea groups is 1. The summed E-state index contributed by atoms with van der Waals surface area (Å²) in [5, 5.41) is 16.9. The van der Waals surface area contributed by atoms with Gasteiger partial charge in [-0.15, -0.1) is 0 Å². The Morgan fingerprint density at radius 3 is 2.97 bits per heavy atom. The van der Waals surface area contributed by atoms with Crippen molar-refractivity contribution in [3.63, 3.8) is 0 Å². The molecule has 1 spiro atoms. The lowest BCUT2D eigenvalue weighted by atomic mass is 9.96. The summed E-state index contributed by atoms with van der Waals surface area (Å²) in [5.41, 5.74) is 8.04. The fourth-order valence-electron chi connectivity index (χ4n) is 4.66. The van der Waals surface area contributed by atoms with Gasteiger partial charge in [0, 0.05) is 30.3 Å². The predicted molar refractivity (Wildman–Crippen MR) is 122 cm³/mol. The molecule has 3 N–H and O–H groups in total. The van der Waals surface area contributed by atoms with Crippen molar-refractivity contribution < 1.29 is 13.9 Å². The number of hydrogen-bond donors (Lipinski definition) is 2. The number of carbonyl (C=O) groups is 1.